The predicted molar refractivity (Wildman–Crippen MR) is 86.6 cm³/mol. The van der Waals surface area contributed by atoms with Gasteiger partial charge in [0, 0.05) is 5.56 Å². The molecule has 1 N–H and O–H groups in total. The van der Waals surface area contributed by atoms with Gasteiger partial charge in [-0.1, -0.05) is 6.07 Å². The summed E-state index contributed by atoms with van der Waals surface area (Å²) in [4.78, 5) is 12.3. The fourth-order valence-corrected chi connectivity index (χ4v) is 2.18. The van der Waals surface area contributed by atoms with Crippen molar-refractivity contribution in [1.82, 2.24) is 5.32 Å². The number of nitrogens with zero attached hydrogens (tertiary/aromatic N) is 1. The van der Waals surface area contributed by atoms with Gasteiger partial charge in [-0.05, 0) is 48.9 Å². The second-order valence-electron chi connectivity index (χ2n) is 5.00. The molecule has 0 fully saturated rings. The van der Waals surface area contributed by atoms with E-state index >= 15 is 0 Å². The van der Waals surface area contributed by atoms with Crippen LogP contribution in [0.2, 0.25) is 0 Å². The largest absolute Gasteiger partial charge is 0.493 e. The minimum absolute atomic E-state index is 0.196. The van der Waals surface area contributed by atoms with Gasteiger partial charge < -0.3 is 14.8 Å². The van der Waals surface area contributed by atoms with E-state index in [1.54, 1.807) is 44.6 Å². The van der Waals surface area contributed by atoms with Crippen molar-refractivity contribution in [2.24, 2.45) is 0 Å². The lowest BCUT2D eigenvalue weighted by atomic mass is 10.1. The standard InChI is InChI=1S/C18H18N2O3/c1-12(15-8-9-16(22-2)17(10-15)23-3)20-18(21)14-6-4-13(11-19)5-7-14/h4-10,12H,1-3H3,(H,20,21). The van der Waals surface area contributed by atoms with Crippen molar-refractivity contribution < 1.29 is 14.3 Å². The zero-order chi connectivity index (χ0) is 16.8. The molecule has 1 unspecified atom stereocenters. The zero-order valence-electron chi connectivity index (χ0n) is 13.3. The van der Waals surface area contributed by atoms with Crippen LogP contribution in [0.15, 0.2) is 42.5 Å². The Balaban J connectivity index is 2.13. The van der Waals surface area contributed by atoms with Gasteiger partial charge in [0.1, 0.15) is 0 Å². The molecule has 0 bridgehead atoms. The van der Waals surface area contributed by atoms with Crippen LogP contribution in [-0.4, -0.2) is 20.1 Å². The predicted octanol–water partition coefficient (Wildman–Crippen LogP) is 3.07. The molecule has 23 heavy (non-hydrogen) atoms. The first-order chi connectivity index (χ1) is 11.1. The number of methoxy groups -OCH3 is 2. The highest BCUT2D eigenvalue weighted by atomic mass is 16.5. The average Bonchev–Trinajstić information content (AvgIpc) is 2.60. The molecule has 2 aromatic carbocycles. The van der Waals surface area contributed by atoms with Crippen molar-refractivity contribution in [2.45, 2.75) is 13.0 Å². The molecule has 5 heteroatoms. The van der Waals surface area contributed by atoms with Gasteiger partial charge in [0.15, 0.2) is 11.5 Å². The Kier molecular flexibility index (Phi) is 5.21. The van der Waals surface area contributed by atoms with Gasteiger partial charge in [-0.2, -0.15) is 5.26 Å². The van der Waals surface area contributed by atoms with Crippen molar-refractivity contribution in [3.8, 4) is 17.6 Å². The van der Waals surface area contributed by atoms with Crippen LogP contribution < -0.4 is 14.8 Å². The highest BCUT2D eigenvalue weighted by Gasteiger charge is 2.14. The van der Waals surface area contributed by atoms with E-state index in [4.69, 9.17) is 14.7 Å². The summed E-state index contributed by atoms with van der Waals surface area (Å²) in [6.45, 7) is 1.89. The van der Waals surface area contributed by atoms with E-state index in [9.17, 15) is 4.79 Å². The number of carbonyl (C=O) groups excluding carboxylic acids is 1. The van der Waals surface area contributed by atoms with Crippen LogP contribution in [0.25, 0.3) is 0 Å². The molecule has 118 valence electrons. The monoisotopic (exact) mass is 310 g/mol. The number of benzene rings is 2. The van der Waals surface area contributed by atoms with E-state index in [-0.39, 0.29) is 11.9 Å². The third-order valence-corrected chi connectivity index (χ3v) is 3.53. The fourth-order valence-electron chi connectivity index (χ4n) is 2.18. The zero-order valence-corrected chi connectivity index (χ0v) is 13.3. The van der Waals surface area contributed by atoms with Gasteiger partial charge in [-0.25, -0.2) is 0 Å². The number of nitrogens with one attached hydrogen (secondary N) is 1. The van der Waals surface area contributed by atoms with Crippen LogP contribution in [0.3, 0.4) is 0 Å². The molecule has 5 nitrogen and oxygen atoms in total. The molecule has 0 spiro atoms. The topological polar surface area (TPSA) is 71.3 Å². The van der Waals surface area contributed by atoms with Crippen LogP contribution in [-0.2, 0) is 0 Å². The summed E-state index contributed by atoms with van der Waals surface area (Å²) in [7, 11) is 3.15. The molecule has 1 atom stereocenters. The molecule has 1 amide bonds. The minimum atomic E-state index is -0.197. The van der Waals surface area contributed by atoms with E-state index in [1.807, 2.05) is 25.1 Å². The summed E-state index contributed by atoms with van der Waals surface area (Å²) in [5, 5.41) is 11.7. The van der Waals surface area contributed by atoms with Gasteiger partial charge in [-0.15, -0.1) is 0 Å². The summed E-state index contributed by atoms with van der Waals surface area (Å²) < 4.78 is 10.5. The number of carbonyl (C=O) groups is 1. The molecule has 0 heterocycles. The summed E-state index contributed by atoms with van der Waals surface area (Å²) >= 11 is 0. The van der Waals surface area contributed by atoms with Crippen molar-refractivity contribution in [3.63, 3.8) is 0 Å². The maximum atomic E-state index is 12.3. The number of rotatable bonds is 5. The van der Waals surface area contributed by atoms with E-state index < -0.39 is 0 Å². The lowest BCUT2D eigenvalue weighted by Crippen LogP contribution is -2.26. The number of nitriles is 1. The Bertz CT molecular complexity index is 733. The molecule has 0 radical (unpaired) electrons. The molecule has 0 saturated carbocycles. The van der Waals surface area contributed by atoms with Crippen molar-refractivity contribution in [1.29, 1.82) is 5.26 Å². The quantitative estimate of drug-likeness (QED) is 0.921. The Labute approximate surface area is 135 Å². The molecular formula is C18H18N2O3. The average molecular weight is 310 g/mol. The van der Waals surface area contributed by atoms with Crippen LogP contribution in [0.1, 0.15) is 34.5 Å². The maximum absolute atomic E-state index is 12.3. The summed E-state index contributed by atoms with van der Waals surface area (Å²) in [6, 6.07) is 13.9. The molecule has 0 saturated heterocycles. The summed E-state index contributed by atoms with van der Waals surface area (Å²) in [5.41, 5.74) is 1.94. The Morgan fingerprint density at radius 3 is 2.30 bits per heavy atom. The van der Waals surface area contributed by atoms with Crippen molar-refractivity contribution >= 4 is 5.91 Å². The molecule has 2 rings (SSSR count). The maximum Gasteiger partial charge on any atom is 0.251 e. The Morgan fingerprint density at radius 2 is 1.74 bits per heavy atom. The highest BCUT2D eigenvalue weighted by Crippen LogP contribution is 2.29. The Hall–Kier alpha value is -3.00. The normalized spacial score (nSPS) is 11.2. The Morgan fingerprint density at radius 1 is 1.09 bits per heavy atom. The number of amides is 1. The van der Waals surface area contributed by atoms with Gasteiger partial charge in [0.25, 0.3) is 5.91 Å². The van der Waals surface area contributed by atoms with E-state index in [0.29, 0.717) is 22.6 Å². The van der Waals surface area contributed by atoms with Crippen molar-refractivity contribution in [2.75, 3.05) is 14.2 Å². The third kappa shape index (κ3) is 3.80. The number of hydrogen-bond donors (Lipinski definition) is 1. The first-order valence-corrected chi connectivity index (χ1v) is 7.12. The lowest BCUT2D eigenvalue weighted by molar-refractivity contribution is 0.0940. The van der Waals surface area contributed by atoms with Gasteiger partial charge in [0.05, 0.1) is 31.9 Å². The lowest BCUT2D eigenvalue weighted by Gasteiger charge is -2.16. The van der Waals surface area contributed by atoms with Crippen LogP contribution in [0.4, 0.5) is 0 Å². The van der Waals surface area contributed by atoms with E-state index in [1.165, 1.54) is 0 Å². The third-order valence-electron chi connectivity index (χ3n) is 3.53. The van der Waals surface area contributed by atoms with Crippen molar-refractivity contribution in [3.05, 3.63) is 59.2 Å². The molecule has 0 aliphatic heterocycles. The first kappa shape index (κ1) is 16.4. The summed E-state index contributed by atoms with van der Waals surface area (Å²) in [6.07, 6.45) is 0. The number of hydrogen-bond acceptors (Lipinski definition) is 4. The van der Waals surface area contributed by atoms with Gasteiger partial charge in [0.2, 0.25) is 0 Å². The van der Waals surface area contributed by atoms with Crippen LogP contribution in [0, 0.1) is 11.3 Å². The number of ether oxygens (including phenoxy) is 2. The molecule has 0 aromatic heterocycles. The highest BCUT2D eigenvalue weighted by molar-refractivity contribution is 5.94. The minimum Gasteiger partial charge on any atom is -0.493 e. The van der Waals surface area contributed by atoms with E-state index in [2.05, 4.69) is 5.32 Å². The summed E-state index contributed by atoms with van der Waals surface area (Å²) in [5.74, 6) is 1.06. The SMILES string of the molecule is COc1ccc(C(C)NC(=O)c2ccc(C#N)cc2)cc1OC. The smallest absolute Gasteiger partial charge is 0.251 e. The van der Waals surface area contributed by atoms with E-state index in [0.717, 1.165) is 5.56 Å². The molecule has 2 aromatic rings. The second kappa shape index (κ2) is 7.32. The van der Waals surface area contributed by atoms with Gasteiger partial charge >= 0.3 is 0 Å². The molecule has 0 aliphatic carbocycles. The molecule has 0 aliphatic rings. The fraction of sp³-hybridized carbons (Fsp3) is 0.222. The molecular weight excluding hydrogens is 292 g/mol. The van der Waals surface area contributed by atoms with Crippen LogP contribution in [0.5, 0.6) is 11.5 Å². The first-order valence-electron chi connectivity index (χ1n) is 7.12. The van der Waals surface area contributed by atoms with Crippen LogP contribution >= 0.6 is 0 Å². The van der Waals surface area contributed by atoms with Gasteiger partial charge in [-0.3, -0.25) is 4.79 Å². The second-order valence-corrected chi connectivity index (χ2v) is 5.00.